The molecule has 0 bridgehead atoms. The minimum absolute atomic E-state index is 0.114. The fourth-order valence-corrected chi connectivity index (χ4v) is 5.23. The standard InChI is InChI=1S/C28H42O2S/c1-27(23-29,25-15-7-3-8-16-25)19-11-5-13-21-31-22-14-6-12-20-28(2,24-30)26-17-9-4-10-18-26/h3-4,7-10,15-18,29-30H,5-6,11-14,19-24H2,1-2H3. The highest BCUT2D eigenvalue weighted by Crippen LogP contribution is 2.30. The highest BCUT2D eigenvalue weighted by Gasteiger charge is 2.25. The van der Waals surface area contributed by atoms with Crippen LogP contribution in [-0.4, -0.2) is 34.9 Å². The zero-order chi connectivity index (χ0) is 22.4. The smallest absolute Gasteiger partial charge is 0.0525 e. The first-order valence-corrected chi connectivity index (χ1v) is 13.1. The van der Waals surface area contributed by atoms with Crippen molar-refractivity contribution in [1.82, 2.24) is 0 Å². The Morgan fingerprint density at radius 2 is 0.968 bits per heavy atom. The molecule has 2 N–H and O–H groups in total. The van der Waals surface area contributed by atoms with Crippen molar-refractivity contribution in [2.75, 3.05) is 24.7 Å². The van der Waals surface area contributed by atoms with Gasteiger partial charge in [-0.1, -0.05) is 100 Å². The minimum Gasteiger partial charge on any atom is -0.395 e. The minimum atomic E-state index is -0.114. The van der Waals surface area contributed by atoms with Gasteiger partial charge in [0.25, 0.3) is 0 Å². The van der Waals surface area contributed by atoms with Crippen LogP contribution in [0.15, 0.2) is 60.7 Å². The molecule has 0 spiro atoms. The van der Waals surface area contributed by atoms with Gasteiger partial charge in [0, 0.05) is 10.8 Å². The Morgan fingerprint density at radius 1 is 0.581 bits per heavy atom. The summed E-state index contributed by atoms with van der Waals surface area (Å²) in [5, 5.41) is 19.8. The normalized spacial score (nSPS) is 15.4. The summed E-state index contributed by atoms with van der Waals surface area (Å²) in [5.41, 5.74) is 2.27. The van der Waals surface area contributed by atoms with Crippen LogP contribution in [-0.2, 0) is 10.8 Å². The Labute approximate surface area is 194 Å². The molecule has 0 aromatic heterocycles. The Balaban J connectivity index is 1.51. The first-order valence-electron chi connectivity index (χ1n) is 11.9. The van der Waals surface area contributed by atoms with E-state index in [9.17, 15) is 10.2 Å². The highest BCUT2D eigenvalue weighted by atomic mass is 32.2. The van der Waals surface area contributed by atoms with E-state index in [1.807, 2.05) is 12.1 Å². The van der Waals surface area contributed by atoms with Crippen LogP contribution >= 0.6 is 11.8 Å². The van der Waals surface area contributed by atoms with E-state index in [0.717, 1.165) is 12.8 Å². The van der Waals surface area contributed by atoms with Crippen molar-refractivity contribution in [1.29, 1.82) is 0 Å². The summed E-state index contributed by atoms with van der Waals surface area (Å²) in [5.74, 6) is 2.47. The fraction of sp³-hybridized carbons (Fsp3) is 0.571. The van der Waals surface area contributed by atoms with Gasteiger partial charge in [-0.25, -0.2) is 0 Å². The number of aliphatic hydroxyl groups is 2. The molecule has 2 aromatic carbocycles. The lowest BCUT2D eigenvalue weighted by molar-refractivity contribution is 0.193. The Morgan fingerprint density at radius 3 is 1.32 bits per heavy atom. The number of rotatable bonds is 16. The number of benzene rings is 2. The van der Waals surface area contributed by atoms with Crippen molar-refractivity contribution in [2.24, 2.45) is 0 Å². The molecule has 0 fully saturated rings. The van der Waals surface area contributed by atoms with Gasteiger partial charge in [-0.2, -0.15) is 11.8 Å². The molecule has 2 atom stereocenters. The van der Waals surface area contributed by atoms with Crippen LogP contribution in [0.3, 0.4) is 0 Å². The van der Waals surface area contributed by atoms with Gasteiger partial charge in [-0.3, -0.25) is 0 Å². The summed E-state index contributed by atoms with van der Waals surface area (Å²) in [6.07, 6.45) is 9.43. The molecular formula is C28H42O2S. The van der Waals surface area contributed by atoms with Gasteiger partial charge >= 0.3 is 0 Å². The van der Waals surface area contributed by atoms with Crippen molar-refractivity contribution in [3.05, 3.63) is 71.8 Å². The average Bonchev–Trinajstić information content (AvgIpc) is 2.83. The lowest BCUT2D eigenvalue weighted by Crippen LogP contribution is -2.26. The molecule has 2 unspecified atom stereocenters. The number of hydrogen-bond acceptors (Lipinski definition) is 3. The van der Waals surface area contributed by atoms with E-state index in [1.165, 1.54) is 61.2 Å². The SMILES string of the molecule is CC(CO)(CCCCCSCCCCCC(C)(CO)c1ccccc1)c1ccccc1. The van der Waals surface area contributed by atoms with Crippen LogP contribution in [0.25, 0.3) is 0 Å². The van der Waals surface area contributed by atoms with Gasteiger partial charge in [-0.05, 0) is 48.3 Å². The summed E-state index contributed by atoms with van der Waals surface area (Å²) in [4.78, 5) is 0. The molecule has 0 aliphatic rings. The fourth-order valence-electron chi connectivity index (χ4n) is 4.20. The van der Waals surface area contributed by atoms with E-state index in [0.29, 0.717) is 0 Å². The molecule has 2 nitrogen and oxygen atoms in total. The molecule has 2 rings (SSSR count). The number of hydrogen-bond donors (Lipinski definition) is 2. The van der Waals surface area contributed by atoms with Crippen LogP contribution in [0.2, 0.25) is 0 Å². The second-order valence-electron chi connectivity index (χ2n) is 9.40. The molecule has 172 valence electrons. The predicted molar refractivity (Wildman–Crippen MR) is 136 cm³/mol. The van der Waals surface area contributed by atoms with Crippen LogP contribution in [0, 0.1) is 0 Å². The maximum Gasteiger partial charge on any atom is 0.0525 e. The second-order valence-corrected chi connectivity index (χ2v) is 10.6. The summed E-state index contributed by atoms with van der Waals surface area (Å²) in [7, 11) is 0. The largest absolute Gasteiger partial charge is 0.395 e. The van der Waals surface area contributed by atoms with E-state index in [2.05, 4.69) is 74.1 Å². The molecule has 2 aromatic rings. The maximum atomic E-state index is 9.90. The second kappa shape index (κ2) is 14.0. The number of aliphatic hydroxyl groups excluding tert-OH is 2. The van der Waals surface area contributed by atoms with Crippen LogP contribution < -0.4 is 0 Å². The van der Waals surface area contributed by atoms with E-state index in [4.69, 9.17) is 0 Å². The van der Waals surface area contributed by atoms with Crippen molar-refractivity contribution in [3.63, 3.8) is 0 Å². The summed E-state index contributed by atoms with van der Waals surface area (Å²) >= 11 is 2.07. The van der Waals surface area contributed by atoms with E-state index in [1.54, 1.807) is 0 Å². The van der Waals surface area contributed by atoms with Crippen molar-refractivity contribution in [3.8, 4) is 0 Å². The Bertz CT molecular complexity index is 644. The van der Waals surface area contributed by atoms with Crippen molar-refractivity contribution in [2.45, 2.75) is 76.0 Å². The highest BCUT2D eigenvalue weighted by molar-refractivity contribution is 7.99. The molecule has 0 heterocycles. The molecule has 0 saturated heterocycles. The Hall–Kier alpha value is -1.29. The lowest BCUT2D eigenvalue weighted by Gasteiger charge is -2.28. The third-order valence-electron chi connectivity index (χ3n) is 6.67. The molecule has 3 heteroatoms. The van der Waals surface area contributed by atoms with E-state index >= 15 is 0 Å². The quantitative estimate of drug-likeness (QED) is 0.283. The molecule has 0 saturated carbocycles. The summed E-state index contributed by atoms with van der Waals surface area (Å²) in [6, 6.07) is 20.9. The van der Waals surface area contributed by atoms with E-state index < -0.39 is 0 Å². The van der Waals surface area contributed by atoms with Gasteiger partial charge in [0.05, 0.1) is 13.2 Å². The molecule has 31 heavy (non-hydrogen) atoms. The third-order valence-corrected chi connectivity index (χ3v) is 7.83. The van der Waals surface area contributed by atoms with Crippen LogP contribution in [0.1, 0.15) is 76.3 Å². The summed E-state index contributed by atoms with van der Waals surface area (Å²) in [6.45, 7) is 4.78. The predicted octanol–water partition coefficient (Wildman–Crippen LogP) is 6.74. The average molecular weight is 443 g/mol. The molecule has 0 radical (unpaired) electrons. The molecule has 0 aliphatic carbocycles. The summed E-state index contributed by atoms with van der Waals surface area (Å²) < 4.78 is 0. The maximum absolute atomic E-state index is 9.90. The van der Waals surface area contributed by atoms with Gasteiger partial charge in [0.1, 0.15) is 0 Å². The molecular weight excluding hydrogens is 400 g/mol. The topological polar surface area (TPSA) is 40.5 Å². The van der Waals surface area contributed by atoms with E-state index in [-0.39, 0.29) is 24.0 Å². The zero-order valence-electron chi connectivity index (χ0n) is 19.6. The van der Waals surface area contributed by atoms with Gasteiger partial charge in [0.15, 0.2) is 0 Å². The lowest BCUT2D eigenvalue weighted by atomic mass is 9.79. The number of unbranched alkanes of at least 4 members (excludes halogenated alkanes) is 4. The molecule has 0 amide bonds. The third kappa shape index (κ3) is 8.63. The monoisotopic (exact) mass is 442 g/mol. The van der Waals surface area contributed by atoms with Crippen LogP contribution in [0.4, 0.5) is 0 Å². The van der Waals surface area contributed by atoms with Gasteiger partial charge in [0.2, 0.25) is 0 Å². The Kier molecular flexibility index (Phi) is 11.7. The first kappa shape index (κ1) is 26.0. The number of thioether (sulfide) groups is 1. The molecule has 0 aliphatic heterocycles. The first-order chi connectivity index (χ1) is 15.0. The van der Waals surface area contributed by atoms with Crippen molar-refractivity contribution >= 4 is 11.8 Å². The van der Waals surface area contributed by atoms with Crippen LogP contribution in [0.5, 0.6) is 0 Å². The van der Waals surface area contributed by atoms with Gasteiger partial charge < -0.3 is 10.2 Å². The van der Waals surface area contributed by atoms with Crippen molar-refractivity contribution < 1.29 is 10.2 Å². The van der Waals surface area contributed by atoms with Gasteiger partial charge in [-0.15, -0.1) is 0 Å². The zero-order valence-corrected chi connectivity index (χ0v) is 20.4.